The predicted molar refractivity (Wildman–Crippen MR) is 57.3 cm³/mol. The smallest absolute Gasteiger partial charge is 0.747 e. The second-order valence-corrected chi connectivity index (χ2v) is 4.99. The number of hydrogen-bond donors (Lipinski definition) is 1. The number of aliphatic hydroxyl groups excluding tert-OH is 1. The monoisotopic (exact) mass is 274 g/mol. The summed E-state index contributed by atoms with van der Waals surface area (Å²) in [6, 6.07) is 6.04. The first-order valence-electron chi connectivity index (χ1n) is 4.62. The Labute approximate surface area is 126 Å². The fourth-order valence-corrected chi connectivity index (χ4v) is 2.57. The molecule has 1 aliphatic carbocycles. The molecule has 0 saturated carbocycles. The Bertz CT molecular complexity index is 662. The molecule has 1 N–H and O–H groups in total. The van der Waals surface area contributed by atoms with Crippen molar-refractivity contribution in [3.05, 3.63) is 52.8 Å². The van der Waals surface area contributed by atoms with E-state index in [1.54, 1.807) is 12.1 Å². The van der Waals surface area contributed by atoms with E-state index in [1.165, 1.54) is 12.1 Å². The first-order chi connectivity index (χ1) is 7.95. The fourth-order valence-electron chi connectivity index (χ4n) is 1.75. The van der Waals surface area contributed by atoms with E-state index in [4.69, 9.17) is 5.53 Å². The third kappa shape index (κ3) is 2.56. The molecule has 6 nitrogen and oxygen atoms in total. The van der Waals surface area contributed by atoms with E-state index in [1.807, 2.05) is 0 Å². The van der Waals surface area contributed by atoms with Crippen molar-refractivity contribution in [1.29, 1.82) is 0 Å². The minimum atomic E-state index is -4.63. The minimum absolute atomic E-state index is 0. The second kappa shape index (κ2) is 5.36. The van der Waals surface area contributed by atoms with Crippen LogP contribution in [0.3, 0.4) is 0 Å². The Kier molecular flexibility index (Phi) is 4.50. The maximum absolute atomic E-state index is 11.1. The van der Waals surface area contributed by atoms with Gasteiger partial charge in [0.2, 0.25) is 5.76 Å². The summed E-state index contributed by atoms with van der Waals surface area (Å²) in [6.45, 7) is 0. The van der Waals surface area contributed by atoms with E-state index >= 15 is 0 Å². The summed E-state index contributed by atoms with van der Waals surface area (Å²) in [7, 11) is -4.63. The molecule has 0 heterocycles. The Morgan fingerprint density at radius 3 is 2.50 bits per heavy atom. The second-order valence-electron chi connectivity index (χ2n) is 3.50. The van der Waals surface area contributed by atoms with Crippen molar-refractivity contribution in [2.75, 3.05) is 0 Å². The van der Waals surface area contributed by atoms with Gasteiger partial charge in [-0.2, -0.15) is 4.79 Å². The van der Waals surface area contributed by atoms with Crippen LogP contribution in [0, 0.1) is 0 Å². The van der Waals surface area contributed by atoms with Gasteiger partial charge in [0.15, 0.2) is 0 Å². The zero-order valence-electron chi connectivity index (χ0n) is 9.44. The van der Waals surface area contributed by atoms with E-state index in [2.05, 4.69) is 4.79 Å². The maximum atomic E-state index is 11.1. The quantitative estimate of drug-likeness (QED) is 0.270. The summed E-state index contributed by atoms with van der Waals surface area (Å²) in [5, 5.41) is 8.05. The van der Waals surface area contributed by atoms with Gasteiger partial charge in [-0.1, -0.05) is 18.2 Å². The molecule has 1 aliphatic rings. The van der Waals surface area contributed by atoms with Gasteiger partial charge < -0.3 is 15.2 Å². The molecular weight excluding hydrogens is 267 g/mol. The van der Waals surface area contributed by atoms with E-state index in [-0.39, 0.29) is 46.4 Å². The average molecular weight is 274 g/mol. The molecule has 2 rings (SSSR count). The number of rotatable bonds is 1. The maximum Gasteiger partial charge on any atom is 1.00 e. The molecule has 0 amide bonds. The van der Waals surface area contributed by atoms with Crippen LogP contribution >= 0.6 is 0 Å². The minimum Gasteiger partial charge on any atom is -0.747 e. The van der Waals surface area contributed by atoms with Crippen molar-refractivity contribution < 1.29 is 52.4 Å². The third-order valence-corrected chi connectivity index (χ3v) is 3.50. The SMILES string of the molecule is [N-]=[N+]=C1C(O)=CC(S(=O)(=O)[O-])c2ccccc21.[Na+]. The summed E-state index contributed by atoms with van der Waals surface area (Å²) in [4.78, 5) is 2.89. The van der Waals surface area contributed by atoms with Crippen LogP contribution in [0.2, 0.25) is 0 Å². The van der Waals surface area contributed by atoms with E-state index in [9.17, 15) is 18.1 Å². The van der Waals surface area contributed by atoms with Crippen molar-refractivity contribution >= 4 is 15.8 Å². The molecule has 88 valence electrons. The molecule has 1 aromatic rings. The Hall–Kier alpha value is -0.950. The largest absolute Gasteiger partial charge is 1.00 e. The molecule has 1 unspecified atom stereocenters. The van der Waals surface area contributed by atoms with Crippen molar-refractivity contribution in [1.82, 2.24) is 0 Å². The van der Waals surface area contributed by atoms with E-state index in [0.717, 1.165) is 6.08 Å². The molecule has 0 fully saturated rings. The van der Waals surface area contributed by atoms with Crippen LogP contribution in [0.1, 0.15) is 16.4 Å². The molecule has 1 atom stereocenters. The molecule has 0 radical (unpaired) electrons. The fraction of sp³-hybridized carbons (Fsp3) is 0.100. The zero-order valence-corrected chi connectivity index (χ0v) is 12.3. The van der Waals surface area contributed by atoms with Gasteiger partial charge in [-0.15, -0.1) is 0 Å². The summed E-state index contributed by atoms with van der Waals surface area (Å²) < 4.78 is 33.2. The number of nitrogens with zero attached hydrogens (tertiary/aromatic N) is 2. The molecule has 1 aromatic carbocycles. The van der Waals surface area contributed by atoms with E-state index < -0.39 is 21.1 Å². The van der Waals surface area contributed by atoms with Crippen LogP contribution in [0.5, 0.6) is 0 Å². The summed E-state index contributed by atoms with van der Waals surface area (Å²) in [6.07, 6.45) is 0.861. The van der Waals surface area contributed by atoms with Crippen LogP contribution in [0.4, 0.5) is 0 Å². The summed E-state index contributed by atoms with van der Waals surface area (Å²) in [5.74, 6) is -0.532. The first kappa shape index (κ1) is 15.1. The normalized spacial score (nSPS) is 18.2. The van der Waals surface area contributed by atoms with Gasteiger partial charge in [-0.25, -0.2) is 8.42 Å². The third-order valence-electron chi connectivity index (χ3n) is 2.49. The molecule has 8 heteroatoms. The van der Waals surface area contributed by atoms with Gasteiger partial charge in [-0.3, -0.25) is 0 Å². The van der Waals surface area contributed by atoms with Gasteiger partial charge in [0.1, 0.15) is 10.1 Å². The van der Waals surface area contributed by atoms with Crippen molar-refractivity contribution in [2.24, 2.45) is 0 Å². The predicted octanol–water partition coefficient (Wildman–Crippen LogP) is -2.25. The van der Waals surface area contributed by atoms with Gasteiger partial charge >= 0.3 is 35.3 Å². The zero-order chi connectivity index (χ0) is 12.6. The molecular formula is C10H7N2NaO4S. The molecule has 0 spiro atoms. The summed E-state index contributed by atoms with van der Waals surface area (Å²) >= 11 is 0. The molecule has 0 bridgehead atoms. The van der Waals surface area contributed by atoms with Gasteiger partial charge in [0.25, 0.3) is 0 Å². The number of aliphatic hydroxyl groups is 1. The topological polar surface area (TPSA) is 114 Å². The average Bonchev–Trinajstić information content (AvgIpc) is 2.27. The number of fused-ring (bicyclic) bond motifs is 1. The van der Waals surface area contributed by atoms with Crippen molar-refractivity contribution in [3.63, 3.8) is 0 Å². The van der Waals surface area contributed by atoms with Gasteiger partial charge in [0.05, 0.1) is 10.8 Å². The Balaban J connectivity index is 0.00000162. The van der Waals surface area contributed by atoms with Gasteiger partial charge in [-0.05, 0) is 17.7 Å². The van der Waals surface area contributed by atoms with Crippen LogP contribution in [-0.2, 0) is 10.1 Å². The van der Waals surface area contributed by atoms with Crippen LogP contribution in [0.25, 0.3) is 5.53 Å². The number of hydrogen-bond acceptors (Lipinski definition) is 4. The van der Waals surface area contributed by atoms with Crippen molar-refractivity contribution in [2.45, 2.75) is 5.25 Å². The standard InChI is InChI=1S/C10H8N2O4S.Na/c11-12-10-7-4-2-1-3-6(7)9(5-8(10)13)17(14,15)16;/h1-5,9,13H,(H,14,15,16);/q;+1/p-1. The summed E-state index contributed by atoms with van der Waals surface area (Å²) in [5.41, 5.74) is 9.01. The van der Waals surface area contributed by atoms with Crippen LogP contribution in [-0.4, -0.2) is 28.6 Å². The number of allylic oxidation sites excluding steroid dienone is 1. The van der Waals surface area contributed by atoms with Gasteiger partial charge in [0, 0.05) is 0 Å². The molecule has 18 heavy (non-hydrogen) atoms. The number of benzene rings is 1. The Morgan fingerprint density at radius 1 is 1.33 bits per heavy atom. The van der Waals surface area contributed by atoms with Crippen LogP contribution in [0.15, 0.2) is 36.1 Å². The molecule has 0 aromatic heterocycles. The van der Waals surface area contributed by atoms with Crippen molar-refractivity contribution in [3.8, 4) is 0 Å². The van der Waals surface area contributed by atoms with E-state index in [0.29, 0.717) is 0 Å². The molecule has 0 aliphatic heterocycles. The van der Waals surface area contributed by atoms with Crippen LogP contribution < -0.4 is 29.6 Å². The first-order valence-corrected chi connectivity index (χ1v) is 6.09. The Morgan fingerprint density at radius 2 is 1.94 bits per heavy atom. The molecule has 0 saturated heterocycles.